The molecule has 3 aliphatic heterocycles. The number of nitrogens with zero attached hydrogens (tertiary/aromatic N) is 5. The van der Waals surface area contributed by atoms with Gasteiger partial charge in [0.2, 0.25) is 0 Å². The predicted molar refractivity (Wildman–Crippen MR) is 154 cm³/mol. The molecule has 3 aliphatic rings. The normalized spacial score (nSPS) is 21.6. The van der Waals surface area contributed by atoms with Gasteiger partial charge in [-0.25, -0.2) is 9.97 Å². The first-order valence-corrected chi connectivity index (χ1v) is 14.1. The van der Waals surface area contributed by atoms with Gasteiger partial charge >= 0.3 is 0 Å². The molecule has 0 saturated carbocycles. The maximum absolute atomic E-state index is 12.3. The quantitative estimate of drug-likeness (QED) is 0.415. The smallest absolute Gasteiger partial charge is 0.271 e. The van der Waals surface area contributed by atoms with Crippen molar-refractivity contribution in [1.82, 2.24) is 25.1 Å². The molecule has 1 amide bonds. The van der Waals surface area contributed by atoms with Gasteiger partial charge in [-0.05, 0) is 70.0 Å². The van der Waals surface area contributed by atoms with Crippen LogP contribution in [0.3, 0.4) is 0 Å². The van der Waals surface area contributed by atoms with Crippen molar-refractivity contribution in [1.29, 1.82) is 0 Å². The Morgan fingerprint density at radius 1 is 1.08 bits per heavy atom. The van der Waals surface area contributed by atoms with Crippen LogP contribution in [0.5, 0.6) is 0 Å². The van der Waals surface area contributed by atoms with E-state index in [4.69, 9.17) is 10.7 Å². The lowest BCUT2D eigenvalue weighted by atomic mass is 10.0. The Kier molecular flexibility index (Phi) is 8.30. The summed E-state index contributed by atoms with van der Waals surface area (Å²) >= 11 is 0. The molecular formula is C28H43N9O. The number of carbonyl (C=O) groups is 1. The van der Waals surface area contributed by atoms with Crippen LogP contribution in [0.4, 0.5) is 23.0 Å². The molecular weight excluding hydrogens is 478 g/mol. The highest BCUT2D eigenvalue weighted by atomic mass is 16.1. The molecule has 10 heteroatoms. The third-order valence-electron chi connectivity index (χ3n) is 8.26. The number of amides is 1. The number of primary amides is 1. The highest BCUT2D eigenvalue weighted by molar-refractivity contribution is 5.96. The number of rotatable bonds is 8. The van der Waals surface area contributed by atoms with Gasteiger partial charge in [-0.15, -0.1) is 0 Å². The minimum atomic E-state index is -0.583. The summed E-state index contributed by atoms with van der Waals surface area (Å²) in [6, 6.07) is 7.35. The number of hydrogen-bond acceptors (Lipinski definition) is 9. The van der Waals surface area contributed by atoms with Gasteiger partial charge in [0.05, 0.1) is 5.69 Å². The number of nitrogens with two attached hydrogens (primary N) is 1. The highest BCUT2D eigenvalue weighted by Gasteiger charge is 2.27. The number of aromatic nitrogens is 2. The first-order valence-electron chi connectivity index (χ1n) is 14.1. The van der Waals surface area contributed by atoms with Gasteiger partial charge in [0, 0.05) is 69.3 Å². The molecule has 5 rings (SSSR count). The predicted octanol–water partition coefficient (Wildman–Crippen LogP) is 2.18. The van der Waals surface area contributed by atoms with E-state index in [2.05, 4.69) is 67.8 Å². The number of piperazine rings is 1. The highest BCUT2D eigenvalue weighted by Crippen LogP contribution is 2.30. The second-order valence-electron chi connectivity index (χ2n) is 11.0. The van der Waals surface area contributed by atoms with Crippen molar-refractivity contribution in [3.05, 3.63) is 35.2 Å². The average Bonchev–Trinajstić information content (AvgIpc) is 3.43. The number of anilines is 4. The second-order valence-corrected chi connectivity index (χ2v) is 11.0. The number of hydrogen-bond donors (Lipinski definition) is 4. The lowest BCUT2D eigenvalue weighted by molar-refractivity contribution is 0.0982. The van der Waals surface area contributed by atoms with Crippen molar-refractivity contribution in [3.63, 3.8) is 0 Å². The summed E-state index contributed by atoms with van der Waals surface area (Å²) < 4.78 is 0. The maximum atomic E-state index is 12.3. The zero-order valence-electron chi connectivity index (χ0n) is 23.1. The molecule has 1 atom stereocenters. The van der Waals surface area contributed by atoms with Crippen molar-refractivity contribution < 1.29 is 4.79 Å². The van der Waals surface area contributed by atoms with E-state index in [9.17, 15) is 4.79 Å². The van der Waals surface area contributed by atoms with Crippen LogP contribution in [0.2, 0.25) is 0 Å². The first-order chi connectivity index (χ1) is 18.4. The van der Waals surface area contributed by atoms with Crippen molar-refractivity contribution in [2.24, 2.45) is 5.73 Å². The molecule has 0 aliphatic carbocycles. The molecule has 5 N–H and O–H groups in total. The molecule has 1 aromatic carbocycles. The molecule has 4 heterocycles. The summed E-state index contributed by atoms with van der Waals surface area (Å²) in [6.07, 6.45) is 4.10. The van der Waals surface area contributed by atoms with Crippen LogP contribution in [-0.2, 0) is 6.42 Å². The first kappa shape index (κ1) is 26.6. The van der Waals surface area contributed by atoms with Crippen molar-refractivity contribution in [3.8, 4) is 0 Å². The van der Waals surface area contributed by atoms with Crippen LogP contribution < -0.4 is 26.6 Å². The number of aryl methyl sites for hydroxylation is 2. The third-order valence-corrected chi connectivity index (χ3v) is 8.26. The molecule has 0 radical (unpaired) electrons. The van der Waals surface area contributed by atoms with Crippen molar-refractivity contribution in [2.75, 3.05) is 74.9 Å². The van der Waals surface area contributed by atoms with Gasteiger partial charge in [0.15, 0.2) is 17.3 Å². The summed E-state index contributed by atoms with van der Waals surface area (Å²) in [5.41, 5.74) is 9.96. The number of likely N-dealkylation sites (N-methyl/N-ethyl adjacent to an activating group) is 1. The fraction of sp³-hybridized carbons (Fsp3) is 0.607. The number of carbonyl (C=O) groups excluding carboxylic acids is 1. The molecule has 10 nitrogen and oxygen atoms in total. The van der Waals surface area contributed by atoms with Gasteiger partial charge in [-0.2, -0.15) is 0 Å². The zero-order chi connectivity index (χ0) is 26.6. The summed E-state index contributed by atoms with van der Waals surface area (Å²) in [5.74, 6) is 0.522. The summed E-state index contributed by atoms with van der Waals surface area (Å²) in [4.78, 5) is 29.3. The molecule has 206 valence electrons. The van der Waals surface area contributed by atoms with E-state index in [1.165, 1.54) is 50.3 Å². The number of piperidine rings is 1. The minimum Gasteiger partial charge on any atom is -0.371 e. The Bertz CT molecular complexity index is 1120. The van der Waals surface area contributed by atoms with E-state index in [-0.39, 0.29) is 5.69 Å². The zero-order valence-corrected chi connectivity index (χ0v) is 23.1. The summed E-state index contributed by atoms with van der Waals surface area (Å²) in [6.45, 7) is 12.9. The molecule has 1 aromatic heterocycles. The van der Waals surface area contributed by atoms with Gasteiger partial charge in [-0.3, -0.25) is 9.69 Å². The Balaban J connectivity index is 1.28. The van der Waals surface area contributed by atoms with E-state index in [0.717, 1.165) is 44.0 Å². The van der Waals surface area contributed by atoms with Crippen LogP contribution in [-0.4, -0.2) is 97.2 Å². The average molecular weight is 522 g/mol. The van der Waals surface area contributed by atoms with Crippen LogP contribution >= 0.6 is 0 Å². The Morgan fingerprint density at radius 2 is 1.84 bits per heavy atom. The molecule has 0 bridgehead atoms. The second kappa shape index (κ2) is 11.8. The molecule has 2 aromatic rings. The SMILES string of the molecule is CCc1nc(C(N)=O)c(Nc2ccc(N3CCC(N4CCN(C)CC4)CC3)c(C)c2)nc1N[C@H]1CCNC1. The third kappa shape index (κ3) is 6.03. The van der Waals surface area contributed by atoms with E-state index < -0.39 is 5.91 Å². The topological polar surface area (TPSA) is 115 Å². The lowest BCUT2D eigenvalue weighted by Gasteiger charge is -2.43. The molecule has 38 heavy (non-hydrogen) atoms. The van der Waals surface area contributed by atoms with Crippen LogP contribution in [0.1, 0.15) is 47.9 Å². The molecule has 3 saturated heterocycles. The maximum Gasteiger partial charge on any atom is 0.271 e. The van der Waals surface area contributed by atoms with E-state index in [1.54, 1.807) is 0 Å². The van der Waals surface area contributed by atoms with Crippen LogP contribution in [0.25, 0.3) is 0 Å². The number of nitrogens with one attached hydrogen (secondary N) is 3. The monoisotopic (exact) mass is 521 g/mol. The lowest BCUT2D eigenvalue weighted by Crippen LogP contribution is -2.52. The van der Waals surface area contributed by atoms with E-state index in [1.807, 2.05) is 6.92 Å². The summed E-state index contributed by atoms with van der Waals surface area (Å²) in [5, 5.41) is 10.2. The Morgan fingerprint density at radius 3 is 2.47 bits per heavy atom. The summed E-state index contributed by atoms with van der Waals surface area (Å²) in [7, 11) is 2.22. The fourth-order valence-electron chi connectivity index (χ4n) is 5.95. The Labute approximate surface area is 226 Å². The van der Waals surface area contributed by atoms with Crippen LogP contribution in [0.15, 0.2) is 18.2 Å². The number of benzene rings is 1. The van der Waals surface area contributed by atoms with Gasteiger partial charge in [0.1, 0.15) is 0 Å². The largest absolute Gasteiger partial charge is 0.371 e. The van der Waals surface area contributed by atoms with Gasteiger partial charge in [0.25, 0.3) is 5.91 Å². The van der Waals surface area contributed by atoms with Gasteiger partial charge in [-0.1, -0.05) is 6.92 Å². The fourth-order valence-corrected chi connectivity index (χ4v) is 5.95. The van der Waals surface area contributed by atoms with E-state index >= 15 is 0 Å². The Hall–Kier alpha value is -2.95. The van der Waals surface area contributed by atoms with Gasteiger partial charge < -0.3 is 31.5 Å². The molecule has 3 fully saturated rings. The van der Waals surface area contributed by atoms with Crippen LogP contribution in [0, 0.1) is 6.92 Å². The molecule has 0 unspecified atom stereocenters. The van der Waals surface area contributed by atoms with E-state index in [0.29, 0.717) is 30.1 Å². The van der Waals surface area contributed by atoms with Crippen molar-refractivity contribution >= 4 is 28.9 Å². The standard InChI is InChI=1S/C28H43N9O/c1-4-23-27(32-21-7-10-30-18-21)34-28(25(33-23)26(29)38)31-20-5-6-24(19(2)17-20)37-11-8-22(9-12-37)36-15-13-35(3)14-16-36/h5-6,17,21-22,30H,4,7-16,18H2,1-3H3,(H2,29,38)(H2,31,32,34)/t21-/m0/s1. The van der Waals surface area contributed by atoms with Crippen molar-refractivity contribution in [2.45, 2.75) is 51.6 Å². The molecule has 0 spiro atoms. The minimum absolute atomic E-state index is 0.171.